The maximum absolute atomic E-state index is 6.25. The molecule has 152 valence electrons. The second-order valence-electron chi connectivity index (χ2n) is 8.13. The van der Waals surface area contributed by atoms with E-state index in [0.29, 0.717) is 0 Å². The van der Waals surface area contributed by atoms with Crippen LogP contribution in [0.25, 0.3) is 0 Å². The minimum absolute atomic E-state index is 0.745. The topological polar surface area (TPSA) is 45.0 Å². The van der Waals surface area contributed by atoms with Crippen molar-refractivity contribution >= 4 is 11.4 Å². The van der Waals surface area contributed by atoms with E-state index in [2.05, 4.69) is 47.7 Å². The lowest BCUT2D eigenvalue weighted by Gasteiger charge is -2.43. The molecule has 0 amide bonds. The van der Waals surface area contributed by atoms with Crippen LogP contribution in [0, 0.1) is 0 Å². The lowest BCUT2D eigenvalue weighted by molar-refractivity contribution is 0.0982. The van der Waals surface area contributed by atoms with Crippen LogP contribution >= 0.6 is 0 Å². The SMILES string of the molecule is CCCCOc1cc(N2CCC(N3CCN(C)CC3)CC2)c(CC)cc1N. The first-order chi connectivity index (χ1) is 13.1. The van der Waals surface area contributed by atoms with Gasteiger partial charge in [0, 0.05) is 57.1 Å². The van der Waals surface area contributed by atoms with Gasteiger partial charge in [-0.15, -0.1) is 0 Å². The molecule has 0 aliphatic carbocycles. The molecule has 0 atom stereocenters. The van der Waals surface area contributed by atoms with Gasteiger partial charge in [0.05, 0.1) is 12.3 Å². The van der Waals surface area contributed by atoms with Gasteiger partial charge in [-0.05, 0) is 44.4 Å². The summed E-state index contributed by atoms with van der Waals surface area (Å²) in [4.78, 5) is 7.70. The fourth-order valence-electron chi connectivity index (χ4n) is 4.32. The van der Waals surface area contributed by atoms with E-state index >= 15 is 0 Å². The molecule has 0 bridgehead atoms. The van der Waals surface area contributed by atoms with Gasteiger partial charge in [0.2, 0.25) is 0 Å². The molecule has 1 aromatic carbocycles. The zero-order chi connectivity index (χ0) is 19.2. The van der Waals surface area contributed by atoms with E-state index in [1.165, 1.54) is 50.3 Å². The minimum atomic E-state index is 0.745. The van der Waals surface area contributed by atoms with Crippen molar-refractivity contribution in [3.8, 4) is 5.75 Å². The van der Waals surface area contributed by atoms with Crippen LogP contribution in [-0.2, 0) is 6.42 Å². The largest absolute Gasteiger partial charge is 0.491 e. The van der Waals surface area contributed by atoms with E-state index in [-0.39, 0.29) is 0 Å². The van der Waals surface area contributed by atoms with Gasteiger partial charge in [-0.2, -0.15) is 0 Å². The summed E-state index contributed by atoms with van der Waals surface area (Å²) in [6.07, 6.45) is 5.72. The first-order valence-corrected chi connectivity index (χ1v) is 10.8. The monoisotopic (exact) mass is 374 g/mol. The molecule has 2 heterocycles. The number of anilines is 2. The van der Waals surface area contributed by atoms with Crippen LogP contribution in [0.3, 0.4) is 0 Å². The number of hydrogen-bond acceptors (Lipinski definition) is 5. The smallest absolute Gasteiger partial charge is 0.144 e. The van der Waals surface area contributed by atoms with Crippen LogP contribution in [0.2, 0.25) is 0 Å². The Morgan fingerprint density at radius 1 is 1.04 bits per heavy atom. The molecule has 3 rings (SSSR count). The molecule has 27 heavy (non-hydrogen) atoms. The Balaban J connectivity index is 1.64. The summed E-state index contributed by atoms with van der Waals surface area (Å²) in [7, 11) is 2.23. The Morgan fingerprint density at radius 3 is 2.37 bits per heavy atom. The normalized spacial score (nSPS) is 20.2. The highest BCUT2D eigenvalue weighted by molar-refractivity contribution is 5.67. The summed E-state index contributed by atoms with van der Waals surface area (Å²) in [5.74, 6) is 0.858. The van der Waals surface area contributed by atoms with Crippen molar-refractivity contribution in [1.29, 1.82) is 0 Å². The van der Waals surface area contributed by atoms with Crippen LogP contribution in [0.1, 0.15) is 45.1 Å². The molecule has 2 aliphatic heterocycles. The van der Waals surface area contributed by atoms with Gasteiger partial charge in [-0.25, -0.2) is 0 Å². The standard InChI is InChI=1S/C22H38N4O/c1-4-6-15-27-22-17-21(18(5-2)16-20(22)23)26-9-7-19(8-10-26)25-13-11-24(3)12-14-25/h16-17,19H,4-15,23H2,1-3H3. The lowest BCUT2D eigenvalue weighted by atomic mass is 9.99. The zero-order valence-corrected chi connectivity index (χ0v) is 17.5. The Hall–Kier alpha value is -1.46. The van der Waals surface area contributed by atoms with Crippen molar-refractivity contribution in [2.75, 3.05) is 63.6 Å². The highest BCUT2D eigenvalue weighted by Crippen LogP contribution is 2.34. The van der Waals surface area contributed by atoms with Gasteiger partial charge in [-0.1, -0.05) is 20.3 Å². The fraction of sp³-hybridized carbons (Fsp3) is 0.727. The van der Waals surface area contributed by atoms with Crippen molar-refractivity contribution in [3.05, 3.63) is 17.7 Å². The van der Waals surface area contributed by atoms with Crippen LogP contribution in [0.5, 0.6) is 5.75 Å². The van der Waals surface area contributed by atoms with Gasteiger partial charge >= 0.3 is 0 Å². The van der Waals surface area contributed by atoms with Crippen LogP contribution in [-0.4, -0.2) is 68.8 Å². The molecule has 0 spiro atoms. The van der Waals surface area contributed by atoms with Crippen molar-refractivity contribution in [1.82, 2.24) is 9.80 Å². The molecule has 0 aromatic heterocycles. The number of nitrogen functional groups attached to an aromatic ring is 1. The second-order valence-corrected chi connectivity index (χ2v) is 8.13. The molecule has 2 aliphatic rings. The van der Waals surface area contributed by atoms with Crippen molar-refractivity contribution in [2.24, 2.45) is 0 Å². The second kappa shape index (κ2) is 9.65. The third-order valence-corrected chi connectivity index (χ3v) is 6.21. The maximum atomic E-state index is 6.25. The van der Waals surface area contributed by atoms with Crippen LogP contribution < -0.4 is 15.4 Å². The van der Waals surface area contributed by atoms with Crippen LogP contribution in [0.4, 0.5) is 11.4 Å². The number of nitrogens with zero attached hydrogens (tertiary/aromatic N) is 3. The van der Waals surface area contributed by atoms with E-state index in [9.17, 15) is 0 Å². The number of ether oxygens (including phenoxy) is 1. The number of rotatable bonds is 7. The molecule has 1 aromatic rings. The predicted molar refractivity (Wildman–Crippen MR) is 115 cm³/mol. The molecule has 0 radical (unpaired) electrons. The summed E-state index contributed by atoms with van der Waals surface area (Å²) in [5.41, 5.74) is 9.70. The Bertz CT molecular complexity index is 590. The number of unbranched alkanes of at least 4 members (excludes halogenated alkanes) is 1. The molecule has 5 nitrogen and oxygen atoms in total. The highest BCUT2D eigenvalue weighted by atomic mass is 16.5. The van der Waals surface area contributed by atoms with Crippen molar-refractivity contribution < 1.29 is 4.74 Å². The summed E-state index contributed by atoms with van der Waals surface area (Å²) < 4.78 is 5.97. The first kappa shape index (κ1) is 20.3. The Morgan fingerprint density at radius 2 is 1.74 bits per heavy atom. The number of benzene rings is 1. The van der Waals surface area contributed by atoms with E-state index in [0.717, 1.165) is 56.4 Å². The Labute approximate surface area is 165 Å². The van der Waals surface area contributed by atoms with Gasteiger partial charge < -0.3 is 20.3 Å². The molecule has 2 N–H and O–H groups in total. The van der Waals surface area contributed by atoms with Gasteiger partial charge in [0.1, 0.15) is 5.75 Å². The highest BCUT2D eigenvalue weighted by Gasteiger charge is 2.27. The van der Waals surface area contributed by atoms with Gasteiger partial charge in [-0.3, -0.25) is 4.90 Å². The third-order valence-electron chi connectivity index (χ3n) is 6.21. The number of aryl methyl sites for hydroxylation is 1. The quantitative estimate of drug-likeness (QED) is 0.586. The molecule has 2 saturated heterocycles. The Kier molecular flexibility index (Phi) is 7.25. The van der Waals surface area contributed by atoms with E-state index < -0.39 is 0 Å². The lowest BCUT2D eigenvalue weighted by Crippen LogP contribution is -2.52. The summed E-state index contributed by atoms with van der Waals surface area (Å²) in [6, 6.07) is 5.07. The molecule has 2 fully saturated rings. The van der Waals surface area contributed by atoms with E-state index in [1.807, 2.05) is 0 Å². The van der Waals surface area contributed by atoms with Gasteiger partial charge in [0.15, 0.2) is 0 Å². The summed E-state index contributed by atoms with van der Waals surface area (Å²) >= 11 is 0. The number of likely N-dealkylation sites (N-methyl/N-ethyl adjacent to an activating group) is 1. The number of hydrogen-bond donors (Lipinski definition) is 1. The maximum Gasteiger partial charge on any atom is 0.144 e. The number of piperidine rings is 1. The summed E-state index contributed by atoms with van der Waals surface area (Å²) in [6.45, 7) is 12.3. The number of piperazine rings is 1. The molecule has 0 saturated carbocycles. The van der Waals surface area contributed by atoms with Crippen LogP contribution in [0.15, 0.2) is 12.1 Å². The fourth-order valence-corrected chi connectivity index (χ4v) is 4.32. The average molecular weight is 375 g/mol. The van der Waals surface area contributed by atoms with Gasteiger partial charge in [0.25, 0.3) is 0 Å². The third kappa shape index (κ3) is 5.08. The number of nitrogens with two attached hydrogens (primary N) is 1. The van der Waals surface area contributed by atoms with Crippen molar-refractivity contribution in [3.63, 3.8) is 0 Å². The predicted octanol–water partition coefficient (Wildman–Crippen LogP) is 3.23. The van der Waals surface area contributed by atoms with E-state index in [1.54, 1.807) is 0 Å². The van der Waals surface area contributed by atoms with Crippen molar-refractivity contribution in [2.45, 2.75) is 52.0 Å². The minimum Gasteiger partial charge on any atom is -0.491 e. The molecular weight excluding hydrogens is 336 g/mol. The molecular formula is C22H38N4O. The summed E-state index contributed by atoms with van der Waals surface area (Å²) in [5, 5.41) is 0. The molecule has 5 heteroatoms. The zero-order valence-electron chi connectivity index (χ0n) is 17.5. The first-order valence-electron chi connectivity index (χ1n) is 10.8. The molecule has 0 unspecified atom stereocenters. The van der Waals surface area contributed by atoms with E-state index in [4.69, 9.17) is 10.5 Å². The average Bonchev–Trinajstić information content (AvgIpc) is 2.70.